The van der Waals surface area contributed by atoms with Gasteiger partial charge in [0.2, 0.25) is 5.91 Å². The van der Waals surface area contributed by atoms with E-state index in [1.807, 2.05) is 19.9 Å². The number of fused-ring (bicyclic) bond motifs is 1. The molecule has 1 aromatic rings. The Balaban J connectivity index is 1.70. The summed E-state index contributed by atoms with van der Waals surface area (Å²) in [6.07, 6.45) is 5.43. The molecule has 1 aliphatic heterocycles. The highest BCUT2D eigenvalue weighted by atomic mass is 16.3. The van der Waals surface area contributed by atoms with Crippen LogP contribution < -0.4 is 5.32 Å². The molecule has 31 heavy (non-hydrogen) atoms. The van der Waals surface area contributed by atoms with Gasteiger partial charge in [-0.1, -0.05) is 26.8 Å². The van der Waals surface area contributed by atoms with E-state index < -0.39 is 6.10 Å². The molecule has 5 nitrogen and oxygen atoms in total. The van der Waals surface area contributed by atoms with Crippen molar-refractivity contribution in [2.75, 3.05) is 13.1 Å². The number of hydrogen-bond donors (Lipinski definition) is 3. The number of aliphatic hydroxyl groups is 1. The van der Waals surface area contributed by atoms with Crippen molar-refractivity contribution in [2.45, 2.75) is 89.8 Å². The van der Waals surface area contributed by atoms with E-state index >= 15 is 0 Å². The molecule has 3 aliphatic rings. The molecule has 2 aliphatic carbocycles. The number of carbonyl (C=O) groups is 1. The van der Waals surface area contributed by atoms with Crippen molar-refractivity contribution in [2.24, 2.45) is 17.8 Å². The largest absolute Gasteiger partial charge is 0.508 e. The van der Waals surface area contributed by atoms with Crippen LogP contribution in [0, 0.1) is 17.8 Å². The van der Waals surface area contributed by atoms with Crippen LogP contribution in [-0.4, -0.2) is 52.3 Å². The molecule has 1 aromatic carbocycles. The monoisotopic (exact) mass is 428 g/mol. The third-order valence-electron chi connectivity index (χ3n) is 8.31. The van der Waals surface area contributed by atoms with Crippen LogP contribution in [-0.2, 0) is 16.6 Å². The topological polar surface area (TPSA) is 72.8 Å². The van der Waals surface area contributed by atoms with E-state index in [9.17, 15) is 15.0 Å². The van der Waals surface area contributed by atoms with Gasteiger partial charge in [0.15, 0.2) is 0 Å². The quantitative estimate of drug-likeness (QED) is 0.647. The lowest BCUT2D eigenvalue weighted by Gasteiger charge is -2.57. The van der Waals surface area contributed by atoms with Gasteiger partial charge in [-0.15, -0.1) is 0 Å². The SMILES string of the molecule is CCc1ccc(O)cc1[C@]12CCN(CC3CC3)C(C)[C@@H]1C[C@H](NC(=O)C(C)C)[C@H](O)C2. The van der Waals surface area contributed by atoms with Gasteiger partial charge < -0.3 is 20.4 Å². The number of phenolic OH excluding ortho intramolecular Hbond substituents is 1. The Morgan fingerprint density at radius 2 is 2.06 bits per heavy atom. The Morgan fingerprint density at radius 3 is 2.71 bits per heavy atom. The van der Waals surface area contributed by atoms with Crippen LogP contribution in [0.25, 0.3) is 0 Å². The van der Waals surface area contributed by atoms with Crippen LogP contribution in [0.3, 0.4) is 0 Å². The van der Waals surface area contributed by atoms with Gasteiger partial charge in [-0.3, -0.25) is 4.79 Å². The lowest BCUT2D eigenvalue weighted by atomic mass is 9.54. The highest BCUT2D eigenvalue weighted by molar-refractivity contribution is 5.78. The van der Waals surface area contributed by atoms with Crippen LogP contribution in [0.5, 0.6) is 5.75 Å². The summed E-state index contributed by atoms with van der Waals surface area (Å²) in [6, 6.07) is 5.96. The number of amides is 1. The van der Waals surface area contributed by atoms with E-state index in [-0.39, 0.29) is 23.3 Å². The zero-order chi connectivity index (χ0) is 22.3. The third-order valence-corrected chi connectivity index (χ3v) is 8.31. The van der Waals surface area contributed by atoms with Crippen LogP contribution >= 0.6 is 0 Å². The van der Waals surface area contributed by atoms with Gasteiger partial charge >= 0.3 is 0 Å². The second-order valence-corrected chi connectivity index (χ2v) is 10.7. The van der Waals surface area contributed by atoms with Gasteiger partial charge in [-0.05, 0) is 87.1 Å². The number of phenols is 1. The molecule has 5 heteroatoms. The number of likely N-dealkylation sites (tertiary alicyclic amines) is 1. The van der Waals surface area contributed by atoms with Crippen molar-refractivity contribution in [1.82, 2.24) is 10.2 Å². The molecule has 0 radical (unpaired) electrons. The highest BCUT2D eigenvalue weighted by Crippen LogP contribution is 2.53. The Morgan fingerprint density at radius 1 is 1.32 bits per heavy atom. The van der Waals surface area contributed by atoms with Gasteiger partial charge in [0.05, 0.1) is 12.1 Å². The molecule has 3 N–H and O–H groups in total. The van der Waals surface area contributed by atoms with E-state index in [0.29, 0.717) is 24.1 Å². The zero-order valence-corrected chi connectivity index (χ0v) is 19.6. The van der Waals surface area contributed by atoms with Gasteiger partial charge in [0, 0.05) is 23.9 Å². The molecule has 5 atom stereocenters. The van der Waals surface area contributed by atoms with Crippen molar-refractivity contribution in [3.05, 3.63) is 29.3 Å². The predicted octanol–water partition coefficient (Wildman–Crippen LogP) is 3.61. The summed E-state index contributed by atoms with van der Waals surface area (Å²) in [5.41, 5.74) is 2.32. The molecule has 1 amide bonds. The first-order chi connectivity index (χ1) is 14.7. The maximum absolute atomic E-state index is 12.4. The summed E-state index contributed by atoms with van der Waals surface area (Å²) in [6.45, 7) is 10.5. The number of benzene rings is 1. The molecule has 0 bridgehead atoms. The first kappa shape index (κ1) is 22.6. The fourth-order valence-electron chi connectivity index (χ4n) is 6.25. The molecule has 0 aromatic heterocycles. The number of rotatable bonds is 6. The first-order valence-corrected chi connectivity index (χ1v) is 12.3. The molecule has 4 rings (SSSR count). The van der Waals surface area contributed by atoms with Crippen molar-refractivity contribution < 1.29 is 15.0 Å². The summed E-state index contributed by atoms with van der Waals surface area (Å²) in [4.78, 5) is 15.1. The number of carbonyl (C=O) groups excluding carboxylic acids is 1. The van der Waals surface area contributed by atoms with Gasteiger partial charge in [0.25, 0.3) is 0 Å². The van der Waals surface area contributed by atoms with Crippen molar-refractivity contribution in [3.63, 3.8) is 0 Å². The minimum absolute atomic E-state index is 0.0152. The maximum Gasteiger partial charge on any atom is 0.222 e. The molecule has 1 heterocycles. The molecule has 2 saturated carbocycles. The molecular formula is C26H40N2O3. The average Bonchev–Trinajstić information content (AvgIpc) is 3.55. The van der Waals surface area contributed by atoms with E-state index in [1.165, 1.54) is 30.5 Å². The minimum atomic E-state index is -0.576. The smallest absolute Gasteiger partial charge is 0.222 e. The number of nitrogens with zero attached hydrogens (tertiary/aromatic N) is 1. The molecule has 172 valence electrons. The third kappa shape index (κ3) is 4.36. The Bertz CT molecular complexity index is 806. The normalized spacial score (nSPS) is 33.9. The fourth-order valence-corrected chi connectivity index (χ4v) is 6.25. The van der Waals surface area contributed by atoms with Crippen LogP contribution in [0.2, 0.25) is 0 Å². The average molecular weight is 429 g/mol. The summed E-state index contributed by atoms with van der Waals surface area (Å²) < 4.78 is 0. The summed E-state index contributed by atoms with van der Waals surface area (Å²) in [5.74, 6) is 1.40. The van der Waals surface area contributed by atoms with Crippen molar-refractivity contribution in [1.29, 1.82) is 0 Å². The number of aromatic hydroxyl groups is 1. The standard InChI is InChI=1S/C26H40N2O3/c1-5-19-8-9-20(29)12-22(19)26-10-11-28(15-18-6-7-18)17(4)21(26)13-23(24(30)14-26)27-25(31)16(2)3/h8-9,12,16-18,21,23-24,29-30H,5-7,10-11,13-15H2,1-4H3,(H,27,31)/t17?,21-,23-,24+,26-/m0/s1. The van der Waals surface area contributed by atoms with E-state index in [0.717, 1.165) is 31.7 Å². The Labute approximate surface area is 187 Å². The molecule has 0 spiro atoms. The second kappa shape index (κ2) is 8.74. The maximum atomic E-state index is 12.4. The van der Waals surface area contributed by atoms with Crippen molar-refractivity contribution in [3.8, 4) is 5.75 Å². The molecular weight excluding hydrogens is 388 g/mol. The Hall–Kier alpha value is -1.59. The number of hydrogen-bond acceptors (Lipinski definition) is 4. The van der Waals surface area contributed by atoms with E-state index in [2.05, 4.69) is 30.1 Å². The molecule has 3 fully saturated rings. The summed E-state index contributed by atoms with van der Waals surface area (Å²) in [5, 5.41) is 24.7. The van der Waals surface area contributed by atoms with Gasteiger partial charge in [-0.25, -0.2) is 0 Å². The number of piperidine rings is 1. The fraction of sp³-hybridized carbons (Fsp3) is 0.731. The van der Waals surface area contributed by atoms with Crippen molar-refractivity contribution >= 4 is 5.91 Å². The molecule has 1 unspecified atom stereocenters. The lowest BCUT2D eigenvalue weighted by Crippen LogP contribution is -2.63. The van der Waals surface area contributed by atoms with Gasteiger partial charge in [0.1, 0.15) is 5.75 Å². The van der Waals surface area contributed by atoms with E-state index in [4.69, 9.17) is 0 Å². The number of nitrogens with one attached hydrogen (secondary N) is 1. The second-order valence-electron chi connectivity index (χ2n) is 10.7. The van der Waals surface area contributed by atoms with Crippen LogP contribution in [0.1, 0.15) is 70.9 Å². The summed E-state index contributed by atoms with van der Waals surface area (Å²) >= 11 is 0. The summed E-state index contributed by atoms with van der Waals surface area (Å²) in [7, 11) is 0. The first-order valence-electron chi connectivity index (χ1n) is 12.3. The van der Waals surface area contributed by atoms with Crippen LogP contribution in [0.15, 0.2) is 18.2 Å². The van der Waals surface area contributed by atoms with E-state index in [1.54, 1.807) is 6.07 Å². The predicted molar refractivity (Wildman–Crippen MR) is 123 cm³/mol. The minimum Gasteiger partial charge on any atom is -0.508 e. The Kier molecular flexibility index (Phi) is 6.37. The van der Waals surface area contributed by atoms with Crippen LogP contribution in [0.4, 0.5) is 0 Å². The molecule has 1 saturated heterocycles. The zero-order valence-electron chi connectivity index (χ0n) is 19.6. The van der Waals surface area contributed by atoms with Gasteiger partial charge in [-0.2, -0.15) is 0 Å². The number of aryl methyl sites for hydroxylation is 1. The lowest BCUT2D eigenvalue weighted by molar-refractivity contribution is -0.127. The highest BCUT2D eigenvalue weighted by Gasteiger charge is 2.54. The number of aliphatic hydroxyl groups excluding tert-OH is 1.